The zero-order valence-corrected chi connectivity index (χ0v) is 10.7. The van der Waals surface area contributed by atoms with Gasteiger partial charge in [0.25, 0.3) is 0 Å². The predicted molar refractivity (Wildman–Crippen MR) is 63.3 cm³/mol. The Labute approximate surface area is 85.9 Å². The summed E-state index contributed by atoms with van der Waals surface area (Å²) in [6.07, 6.45) is 8.75. The third-order valence-corrected chi connectivity index (χ3v) is 1.25. The average molecular weight is 190 g/mol. The van der Waals surface area contributed by atoms with Gasteiger partial charge in [0.05, 0.1) is 0 Å². The van der Waals surface area contributed by atoms with Gasteiger partial charge in [0, 0.05) is 14.2 Å². The van der Waals surface area contributed by atoms with Crippen LogP contribution < -0.4 is 0 Å². The zero-order chi connectivity index (χ0) is 10.9. The zero-order valence-electron chi connectivity index (χ0n) is 10.7. The summed E-state index contributed by atoms with van der Waals surface area (Å²) in [5, 5.41) is 0. The highest BCUT2D eigenvalue weighted by molar-refractivity contribution is 4.51. The highest BCUT2D eigenvalue weighted by atomic mass is 16.4. The van der Waals surface area contributed by atoms with Gasteiger partial charge in [-0.3, -0.25) is 0 Å². The second-order valence-corrected chi connectivity index (χ2v) is 2.88. The maximum atomic E-state index is 4.25. The van der Waals surface area contributed by atoms with Gasteiger partial charge in [0.1, 0.15) is 0 Å². The van der Waals surface area contributed by atoms with Crippen LogP contribution in [0, 0.1) is 0 Å². The lowest BCUT2D eigenvalue weighted by Crippen LogP contribution is -1.55. The molecule has 0 saturated heterocycles. The Morgan fingerprint density at radius 1 is 0.769 bits per heavy atom. The molecule has 0 spiro atoms. The number of methoxy groups -OCH3 is 1. The van der Waals surface area contributed by atoms with Crippen LogP contribution in [0.15, 0.2) is 0 Å². The molecule has 84 valence electrons. The number of hydrogen-bond acceptors (Lipinski definition) is 1. The van der Waals surface area contributed by atoms with Gasteiger partial charge in [-0.1, -0.05) is 66.2 Å². The van der Waals surface area contributed by atoms with Crippen LogP contribution in [0.5, 0.6) is 0 Å². The molecule has 0 aliphatic heterocycles. The van der Waals surface area contributed by atoms with Crippen LogP contribution in [0.4, 0.5) is 0 Å². The Kier molecular flexibility index (Phi) is 42.6. The molecule has 0 aromatic heterocycles. The second kappa shape index (κ2) is 29.7. The van der Waals surface area contributed by atoms with E-state index in [1.807, 2.05) is 13.8 Å². The highest BCUT2D eigenvalue weighted by Gasteiger charge is 1.95. The summed E-state index contributed by atoms with van der Waals surface area (Å²) >= 11 is 0. The van der Waals surface area contributed by atoms with Gasteiger partial charge in [-0.15, -0.1) is 0 Å². The van der Waals surface area contributed by atoms with Gasteiger partial charge in [0.15, 0.2) is 0 Å². The fourth-order valence-electron chi connectivity index (χ4n) is 0.884. The molecule has 0 aromatic carbocycles. The van der Waals surface area contributed by atoms with Gasteiger partial charge in [-0.25, -0.2) is 0 Å². The normalized spacial score (nSPS) is 12.5. The lowest BCUT2D eigenvalue weighted by molar-refractivity contribution is 0.277. The standard InChI is InChI=1S/C5H10.C3H8.C2H6O.C2H6/c1-2-4-5-3-1;2*1-3-2;1-2/h1-5H2;3H2,1-2H3;1-2H3;1-2H3. The van der Waals surface area contributed by atoms with Gasteiger partial charge >= 0.3 is 0 Å². The molecule has 1 rings (SSSR count). The van der Waals surface area contributed by atoms with E-state index in [-0.39, 0.29) is 0 Å². The van der Waals surface area contributed by atoms with Crippen LogP contribution in [-0.2, 0) is 4.74 Å². The Balaban J connectivity index is -0.000000112. The summed E-state index contributed by atoms with van der Waals surface area (Å²) in [7, 11) is 3.25. The third kappa shape index (κ3) is 48.2. The molecule has 0 unspecified atom stereocenters. The first-order chi connectivity index (χ1) is 6.33. The molecule has 0 N–H and O–H groups in total. The summed E-state index contributed by atoms with van der Waals surface area (Å²) in [6, 6.07) is 0. The predicted octanol–water partition coefficient (Wildman–Crippen LogP) is 4.66. The van der Waals surface area contributed by atoms with Crippen LogP contribution in [0.25, 0.3) is 0 Å². The van der Waals surface area contributed by atoms with Gasteiger partial charge < -0.3 is 4.74 Å². The van der Waals surface area contributed by atoms with Crippen LogP contribution in [-0.4, -0.2) is 14.2 Å². The molecular formula is C12H30O. The summed E-state index contributed by atoms with van der Waals surface area (Å²) in [4.78, 5) is 0. The van der Waals surface area contributed by atoms with Crippen molar-refractivity contribution in [3.63, 3.8) is 0 Å². The number of rotatable bonds is 0. The van der Waals surface area contributed by atoms with E-state index in [0.29, 0.717) is 0 Å². The minimum absolute atomic E-state index is 1.25. The van der Waals surface area contributed by atoms with Crippen molar-refractivity contribution in [2.24, 2.45) is 0 Å². The molecule has 0 atom stereocenters. The van der Waals surface area contributed by atoms with Crippen molar-refractivity contribution in [1.82, 2.24) is 0 Å². The molecule has 1 heteroatoms. The molecule has 1 nitrogen and oxygen atoms in total. The first kappa shape index (κ1) is 18.7. The molecule has 0 aromatic rings. The molecular weight excluding hydrogens is 160 g/mol. The van der Waals surface area contributed by atoms with Gasteiger partial charge in [-0.2, -0.15) is 0 Å². The van der Waals surface area contributed by atoms with Crippen LogP contribution >= 0.6 is 0 Å². The topological polar surface area (TPSA) is 9.23 Å². The van der Waals surface area contributed by atoms with Gasteiger partial charge in [-0.05, 0) is 0 Å². The van der Waals surface area contributed by atoms with Crippen molar-refractivity contribution in [1.29, 1.82) is 0 Å². The number of hydrogen-bond donors (Lipinski definition) is 0. The maximum absolute atomic E-state index is 4.25. The smallest absolute Gasteiger partial charge is 0.0351 e. The van der Waals surface area contributed by atoms with Crippen molar-refractivity contribution in [3.8, 4) is 0 Å². The van der Waals surface area contributed by atoms with E-state index in [4.69, 9.17) is 0 Å². The van der Waals surface area contributed by atoms with E-state index in [1.54, 1.807) is 14.2 Å². The van der Waals surface area contributed by atoms with E-state index in [2.05, 4.69) is 18.6 Å². The SMILES string of the molecule is C1CCCC1.CC.CCC.COC. The van der Waals surface area contributed by atoms with Crippen molar-refractivity contribution >= 4 is 0 Å². The largest absolute Gasteiger partial charge is 0.388 e. The molecule has 1 fully saturated rings. The molecule has 1 aliphatic carbocycles. The average Bonchev–Trinajstić information content (AvgIpc) is 2.66. The van der Waals surface area contributed by atoms with Crippen LogP contribution in [0.1, 0.15) is 66.2 Å². The quantitative estimate of drug-likeness (QED) is 0.540. The molecule has 0 radical (unpaired) electrons. The molecule has 1 aliphatic rings. The lowest BCUT2D eigenvalue weighted by atomic mass is 10.4. The van der Waals surface area contributed by atoms with Gasteiger partial charge in [0.2, 0.25) is 0 Å². The van der Waals surface area contributed by atoms with Crippen molar-refractivity contribution in [2.45, 2.75) is 66.2 Å². The van der Waals surface area contributed by atoms with Crippen molar-refractivity contribution < 1.29 is 4.74 Å². The third-order valence-electron chi connectivity index (χ3n) is 1.25. The maximum Gasteiger partial charge on any atom is 0.0351 e. The van der Waals surface area contributed by atoms with E-state index < -0.39 is 0 Å². The summed E-state index contributed by atoms with van der Waals surface area (Å²) in [6.45, 7) is 8.25. The molecule has 0 bridgehead atoms. The Morgan fingerprint density at radius 3 is 0.923 bits per heavy atom. The second-order valence-electron chi connectivity index (χ2n) is 2.88. The van der Waals surface area contributed by atoms with E-state index >= 15 is 0 Å². The minimum Gasteiger partial charge on any atom is -0.388 e. The summed E-state index contributed by atoms with van der Waals surface area (Å²) in [5.74, 6) is 0. The first-order valence-electron chi connectivity index (χ1n) is 5.73. The first-order valence-corrected chi connectivity index (χ1v) is 5.73. The summed E-state index contributed by atoms with van der Waals surface area (Å²) < 4.78 is 4.25. The summed E-state index contributed by atoms with van der Waals surface area (Å²) in [5.41, 5.74) is 0. The molecule has 1 saturated carbocycles. The van der Waals surface area contributed by atoms with Crippen molar-refractivity contribution in [3.05, 3.63) is 0 Å². The molecule has 13 heavy (non-hydrogen) atoms. The molecule has 0 amide bonds. The minimum atomic E-state index is 1.25. The lowest BCUT2D eigenvalue weighted by Gasteiger charge is -1.67. The number of ether oxygens (including phenoxy) is 1. The van der Waals surface area contributed by atoms with Crippen molar-refractivity contribution in [2.75, 3.05) is 14.2 Å². The fraction of sp³-hybridized carbons (Fsp3) is 1.00. The highest BCUT2D eigenvalue weighted by Crippen LogP contribution is 2.15. The fourth-order valence-corrected chi connectivity index (χ4v) is 0.884. The van der Waals surface area contributed by atoms with E-state index in [0.717, 1.165) is 0 Å². The van der Waals surface area contributed by atoms with Crippen LogP contribution in [0.2, 0.25) is 0 Å². The Bertz CT molecular complexity index is 30.8. The van der Waals surface area contributed by atoms with Crippen LogP contribution in [0.3, 0.4) is 0 Å². The Hall–Kier alpha value is -0.0400. The van der Waals surface area contributed by atoms with E-state index in [9.17, 15) is 0 Å². The van der Waals surface area contributed by atoms with E-state index in [1.165, 1.54) is 38.5 Å². The molecule has 0 heterocycles. The Morgan fingerprint density at radius 2 is 0.846 bits per heavy atom. The monoisotopic (exact) mass is 190 g/mol.